The number of esters is 4. The van der Waals surface area contributed by atoms with Crippen molar-refractivity contribution in [2.75, 3.05) is 13.2 Å². The SMILES string of the molecule is CCC(C)(C)C(=O)OCCc1ccc(O)cc1.CCC(C)(C)C(=O)OCc1ccc(O)cc1.CCC(C)C(=O)OCCc1ccc(O)cc1.CCC(C)C(=O)OCc1ccc(O)cc1. The first kappa shape index (κ1) is 56.0. The Morgan fingerprint density at radius 2 is 0.719 bits per heavy atom. The summed E-state index contributed by atoms with van der Waals surface area (Å²) in [5, 5.41) is 36.4. The summed E-state index contributed by atoms with van der Waals surface area (Å²) in [6, 6.07) is 27.1. The van der Waals surface area contributed by atoms with E-state index in [2.05, 4.69) is 0 Å². The van der Waals surface area contributed by atoms with E-state index < -0.39 is 10.8 Å². The molecule has 352 valence electrons. The minimum atomic E-state index is -0.434. The van der Waals surface area contributed by atoms with Crippen LogP contribution < -0.4 is 0 Å². The summed E-state index contributed by atoms with van der Waals surface area (Å²) < 4.78 is 20.7. The minimum Gasteiger partial charge on any atom is -0.508 e. The lowest BCUT2D eigenvalue weighted by Gasteiger charge is -2.20. The Labute approximate surface area is 380 Å². The molecule has 12 nitrogen and oxygen atoms in total. The molecule has 0 aliphatic heterocycles. The number of benzene rings is 4. The van der Waals surface area contributed by atoms with Gasteiger partial charge in [0, 0.05) is 12.8 Å². The molecule has 0 saturated carbocycles. The van der Waals surface area contributed by atoms with Crippen molar-refractivity contribution >= 4 is 23.9 Å². The Morgan fingerprint density at radius 1 is 0.438 bits per heavy atom. The molecular formula is C52H72O12. The van der Waals surface area contributed by atoms with Crippen LogP contribution in [0.25, 0.3) is 0 Å². The number of hydrogen-bond acceptors (Lipinski definition) is 12. The van der Waals surface area contributed by atoms with Gasteiger partial charge in [0.25, 0.3) is 0 Å². The van der Waals surface area contributed by atoms with Gasteiger partial charge in [-0.15, -0.1) is 0 Å². The molecule has 4 N–H and O–H groups in total. The van der Waals surface area contributed by atoms with Crippen molar-refractivity contribution in [2.45, 2.75) is 121 Å². The average molecular weight is 889 g/mol. The Kier molecular flexibility index (Phi) is 25.7. The van der Waals surface area contributed by atoms with E-state index in [9.17, 15) is 19.2 Å². The third-order valence-electron chi connectivity index (χ3n) is 10.7. The predicted molar refractivity (Wildman–Crippen MR) is 248 cm³/mol. The lowest BCUT2D eigenvalue weighted by molar-refractivity contribution is -0.155. The highest BCUT2D eigenvalue weighted by Gasteiger charge is 2.27. The summed E-state index contributed by atoms with van der Waals surface area (Å²) in [5.74, 6) is 0.185. The second kappa shape index (κ2) is 29.3. The molecule has 0 fully saturated rings. The standard InChI is InChI=1S/C14H20O3.2C13H18O3.C12H16O3/c1-4-14(2,3)13(16)17-10-9-11-5-7-12(15)8-6-11;1-4-13(2,3)12(15)16-9-10-5-7-11(14)8-6-10;1-3-10(2)13(15)16-9-8-11-4-6-12(14)7-5-11;1-3-9(2)12(14)15-8-10-4-6-11(13)7-5-10/h5-8,15H,4,9-10H2,1-3H3;5-8,14H,4,9H2,1-3H3;4-7,10,14H,3,8-9H2,1-2H3;4-7,9,13H,3,8H2,1-2H3. The number of rotatable bonds is 18. The van der Waals surface area contributed by atoms with Crippen LogP contribution in [-0.2, 0) is 64.2 Å². The van der Waals surface area contributed by atoms with E-state index in [1.807, 2.05) is 93.5 Å². The molecule has 12 heteroatoms. The molecule has 0 heterocycles. The first-order valence-corrected chi connectivity index (χ1v) is 22.0. The quantitative estimate of drug-likeness (QED) is 0.0548. The summed E-state index contributed by atoms with van der Waals surface area (Å²) >= 11 is 0. The van der Waals surface area contributed by atoms with Gasteiger partial charge in [-0.05, 0) is 124 Å². The van der Waals surface area contributed by atoms with Crippen molar-refractivity contribution in [3.63, 3.8) is 0 Å². The van der Waals surface area contributed by atoms with Gasteiger partial charge in [0.1, 0.15) is 36.2 Å². The summed E-state index contributed by atoms with van der Waals surface area (Å²) in [5.41, 5.74) is 3.01. The van der Waals surface area contributed by atoms with Crippen molar-refractivity contribution in [3.05, 3.63) is 119 Å². The lowest BCUT2D eigenvalue weighted by atomic mass is 9.91. The van der Waals surface area contributed by atoms with E-state index in [4.69, 9.17) is 39.4 Å². The molecule has 0 bridgehead atoms. The monoisotopic (exact) mass is 889 g/mol. The van der Waals surface area contributed by atoms with Crippen LogP contribution in [0.5, 0.6) is 23.0 Å². The Morgan fingerprint density at radius 3 is 1.05 bits per heavy atom. The largest absolute Gasteiger partial charge is 0.508 e. The minimum absolute atomic E-state index is 0.0279. The van der Waals surface area contributed by atoms with Crippen molar-refractivity contribution in [3.8, 4) is 23.0 Å². The smallest absolute Gasteiger partial charge is 0.311 e. The van der Waals surface area contributed by atoms with Gasteiger partial charge in [-0.2, -0.15) is 0 Å². The van der Waals surface area contributed by atoms with Crippen LogP contribution in [0, 0.1) is 22.7 Å². The van der Waals surface area contributed by atoms with E-state index in [-0.39, 0.29) is 71.9 Å². The molecule has 2 atom stereocenters. The second-order valence-electron chi connectivity index (χ2n) is 16.7. The molecule has 4 rings (SSSR count). The molecule has 0 saturated heterocycles. The van der Waals surface area contributed by atoms with Gasteiger partial charge in [0.05, 0.1) is 35.9 Å². The number of carbonyl (C=O) groups excluding carboxylic acids is 4. The molecule has 0 radical (unpaired) electrons. The molecular weight excluding hydrogens is 817 g/mol. The van der Waals surface area contributed by atoms with Gasteiger partial charge in [-0.3, -0.25) is 19.2 Å². The Balaban J connectivity index is 0.000000427. The maximum Gasteiger partial charge on any atom is 0.311 e. The fourth-order valence-electron chi connectivity index (χ4n) is 4.64. The third kappa shape index (κ3) is 22.9. The maximum atomic E-state index is 11.7. The molecule has 0 spiro atoms. The van der Waals surface area contributed by atoms with Crippen LogP contribution in [0.15, 0.2) is 97.1 Å². The van der Waals surface area contributed by atoms with Crippen molar-refractivity contribution in [1.29, 1.82) is 0 Å². The van der Waals surface area contributed by atoms with Crippen LogP contribution in [0.2, 0.25) is 0 Å². The van der Waals surface area contributed by atoms with Gasteiger partial charge in [-0.1, -0.05) is 90.1 Å². The number of aromatic hydroxyl groups is 4. The van der Waals surface area contributed by atoms with Gasteiger partial charge in [0.15, 0.2) is 0 Å². The summed E-state index contributed by atoms with van der Waals surface area (Å²) in [4.78, 5) is 46.0. The molecule has 0 amide bonds. The first-order chi connectivity index (χ1) is 30.2. The number of phenols is 4. The molecule has 4 aromatic carbocycles. The zero-order valence-corrected chi connectivity index (χ0v) is 39.5. The second-order valence-corrected chi connectivity index (χ2v) is 16.7. The van der Waals surface area contributed by atoms with Gasteiger partial charge < -0.3 is 39.4 Å². The third-order valence-corrected chi connectivity index (χ3v) is 10.7. The van der Waals surface area contributed by atoms with E-state index >= 15 is 0 Å². The molecule has 0 aromatic heterocycles. The van der Waals surface area contributed by atoms with Crippen LogP contribution >= 0.6 is 0 Å². The van der Waals surface area contributed by atoms with Gasteiger partial charge in [0.2, 0.25) is 0 Å². The molecule has 4 aromatic rings. The van der Waals surface area contributed by atoms with Crippen LogP contribution in [0.3, 0.4) is 0 Å². The molecule has 0 aliphatic carbocycles. The van der Waals surface area contributed by atoms with Crippen LogP contribution in [0.4, 0.5) is 0 Å². The van der Waals surface area contributed by atoms with E-state index in [0.29, 0.717) is 26.1 Å². The summed E-state index contributed by atoms with van der Waals surface area (Å²) in [7, 11) is 0. The zero-order valence-electron chi connectivity index (χ0n) is 39.5. The number of carbonyl (C=O) groups is 4. The molecule has 64 heavy (non-hydrogen) atoms. The van der Waals surface area contributed by atoms with Crippen molar-refractivity contribution < 1.29 is 58.6 Å². The first-order valence-electron chi connectivity index (χ1n) is 22.0. The fourth-order valence-corrected chi connectivity index (χ4v) is 4.64. The van der Waals surface area contributed by atoms with E-state index in [0.717, 1.165) is 47.9 Å². The Bertz CT molecular complexity index is 1930. The zero-order chi connectivity index (χ0) is 48.3. The van der Waals surface area contributed by atoms with Crippen molar-refractivity contribution in [1.82, 2.24) is 0 Å². The number of hydrogen-bond donors (Lipinski definition) is 4. The normalized spacial score (nSPS) is 11.7. The summed E-state index contributed by atoms with van der Waals surface area (Å²) in [6.45, 7) is 20.4. The van der Waals surface area contributed by atoms with Gasteiger partial charge >= 0.3 is 23.9 Å². The molecule has 0 aliphatic rings. The maximum absolute atomic E-state index is 11.7. The predicted octanol–water partition coefficient (Wildman–Crippen LogP) is 10.8. The topological polar surface area (TPSA) is 186 Å². The number of ether oxygens (including phenoxy) is 4. The highest BCUT2D eigenvalue weighted by Crippen LogP contribution is 2.23. The number of phenolic OH excluding ortho intramolecular Hbond substituents is 4. The Hall–Kier alpha value is -6.04. The van der Waals surface area contributed by atoms with Crippen LogP contribution in [-0.4, -0.2) is 57.5 Å². The highest BCUT2D eigenvalue weighted by molar-refractivity contribution is 5.76. The summed E-state index contributed by atoms with van der Waals surface area (Å²) in [6.07, 6.45) is 4.47. The van der Waals surface area contributed by atoms with E-state index in [1.54, 1.807) is 72.8 Å². The molecule has 2 unspecified atom stereocenters. The van der Waals surface area contributed by atoms with Crippen molar-refractivity contribution in [2.24, 2.45) is 22.7 Å². The highest BCUT2D eigenvalue weighted by atomic mass is 16.5. The van der Waals surface area contributed by atoms with Crippen LogP contribution in [0.1, 0.15) is 117 Å². The fraction of sp³-hybridized carbons (Fsp3) is 0.462. The average Bonchev–Trinajstić information content (AvgIpc) is 3.29. The lowest BCUT2D eigenvalue weighted by Crippen LogP contribution is -2.26. The van der Waals surface area contributed by atoms with Gasteiger partial charge in [-0.25, -0.2) is 0 Å². The van der Waals surface area contributed by atoms with E-state index in [1.165, 1.54) is 0 Å².